The Morgan fingerprint density at radius 2 is 1.71 bits per heavy atom. The maximum Gasteiger partial charge on any atom is 0.416 e. The van der Waals surface area contributed by atoms with Gasteiger partial charge in [0.25, 0.3) is 5.91 Å². The molecule has 28 heavy (non-hydrogen) atoms. The molecule has 2 aromatic rings. The van der Waals surface area contributed by atoms with Crippen molar-refractivity contribution in [1.29, 1.82) is 0 Å². The number of likely N-dealkylation sites (N-methyl/N-ethyl adjacent to an activating group) is 1. The lowest BCUT2D eigenvalue weighted by Gasteiger charge is -2.35. The Morgan fingerprint density at radius 1 is 1.04 bits per heavy atom. The lowest BCUT2D eigenvalue weighted by atomic mass is 10.0. The van der Waals surface area contributed by atoms with Crippen LogP contribution in [-0.2, 0) is 6.18 Å². The summed E-state index contributed by atoms with van der Waals surface area (Å²) < 4.78 is 38.8. The molecule has 3 rings (SSSR count). The molecule has 2 aromatic carbocycles. The highest BCUT2D eigenvalue weighted by molar-refractivity contribution is 6.00. The summed E-state index contributed by atoms with van der Waals surface area (Å²) in [5.41, 5.74) is 1.08. The number of hydrogen-bond donors (Lipinski definition) is 1. The van der Waals surface area contributed by atoms with Gasteiger partial charge in [0.05, 0.1) is 17.2 Å². The Bertz CT molecular complexity index is 830. The van der Waals surface area contributed by atoms with Crippen LogP contribution < -0.4 is 10.2 Å². The molecule has 0 bridgehead atoms. The van der Waals surface area contributed by atoms with Crippen LogP contribution in [0.1, 0.15) is 34.5 Å². The third kappa shape index (κ3) is 4.65. The molecule has 0 aromatic heterocycles. The number of carbonyl (C=O) groups excluding carboxylic acids is 1. The van der Waals surface area contributed by atoms with Crippen molar-refractivity contribution in [1.82, 2.24) is 10.2 Å². The number of benzene rings is 2. The van der Waals surface area contributed by atoms with E-state index in [1.165, 1.54) is 6.07 Å². The average molecular weight is 391 g/mol. The van der Waals surface area contributed by atoms with Gasteiger partial charge in [0, 0.05) is 31.9 Å². The summed E-state index contributed by atoms with van der Waals surface area (Å²) in [6, 6.07) is 11.9. The number of anilines is 1. The van der Waals surface area contributed by atoms with E-state index < -0.39 is 17.8 Å². The van der Waals surface area contributed by atoms with Gasteiger partial charge in [0.1, 0.15) is 0 Å². The summed E-state index contributed by atoms with van der Waals surface area (Å²) in [5, 5.41) is 2.84. The van der Waals surface area contributed by atoms with Crippen LogP contribution in [0.2, 0.25) is 0 Å². The van der Waals surface area contributed by atoms with Gasteiger partial charge in [-0.2, -0.15) is 13.2 Å². The molecule has 1 heterocycles. The number of nitrogens with one attached hydrogen (secondary N) is 1. The number of alkyl halides is 3. The second-order valence-electron chi connectivity index (χ2n) is 7.13. The first-order chi connectivity index (χ1) is 13.3. The zero-order valence-corrected chi connectivity index (χ0v) is 16.0. The normalized spacial score (nSPS) is 16.7. The topological polar surface area (TPSA) is 35.6 Å². The highest BCUT2D eigenvalue weighted by Crippen LogP contribution is 2.31. The fraction of sp³-hybridized carbons (Fsp3) is 0.381. The van der Waals surface area contributed by atoms with Crippen LogP contribution in [-0.4, -0.2) is 44.0 Å². The minimum atomic E-state index is -4.41. The summed E-state index contributed by atoms with van der Waals surface area (Å²) in [5.74, 6) is -0.292. The van der Waals surface area contributed by atoms with Gasteiger partial charge in [-0.05, 0) is 43.8 Å². The lowest BCUT2D eigenvalue weighted by molar-refractivity contribution is -0.137. The molecule has 0 saturated carbocycles. The summed E-state index contributed by atoms with van der Waals surface area (Å²) >= 11 is 0. The zero-order chi connectivity index (χ0) is 20.3. The van der Waals surface area contributed by atoms with Crippen molar-refractivity contribution in [3.05, 3.63) is 65.2 Å². The molecule has 1 N–H and O–H groups in total. The van der Waals surface area contributed by atoms with Crippen LogP contribution in [0.3, 0.4) is 0 Å². The Balaban J connectivity index is 1.77. The molecule has 1 fully saturated rings. The molecule has 1 unspecified atom stereocenters. The second kappa shape index (κ2) is 8.22. The number of amides is 1. The van der Waals surface area contributed by atoms with E-state index in [4.69, 9.17) is 0 Å². The second-order valence-corrected chi connectivity index (χ2v) is 7.13. The standard InChI is InChI=1S/C21H24F3N3O/c1-15(16-6-5-7-17(14-16)21(22,23)24)25-20(28)18-8-3-4-9-19(18)27-12-10-26(2)11-13-27/h3-9,14-15H,10-13H2,1-2H3,(H,25,28). The first kappa shape index (κ1) is 20.2. The number of carbonyl (C=O) groups is 1. The third-order valence-corrected chi connectivity index (χ3v) is 5.05. The number of halogens is 3. The quantitative estimate of drug-likeness (QED) is 0.857. The highest BCUT2D eigenvalue weighted by atomic mass is 19.4. The maximum atomic E-state index is 12.9. The molecule has 0 spiro atoms. The molecule has 4 nitrogen and oxygen atoms in total. The van der Waals surface area contributed by atoms with E-state index in [1.54, 1.807) is 25.1 Å². The molecule has 0 radical (unpaired) electrons. The van der Waals surface area contributed by atoms with Gasteiger partial charge in [-0.1, -0.05) is 24.3 Å². The van der Waals surface area contributed by atoms with Crippen LogP contribution >= 0.6 is 0 Å². The van der Waals surface area contributed by atoms with E-state index in [0.29, 0.717) is 11.1 Å². The van der Waals surface area contributed by atoms with Gasteiger partial charge in [-0.3, -0.25) is 4.79 Å². The molecule has 1 saturated heterocycles. The van der Waals surface area contributed by atoms with Gasteiger partial charge in [-0.25, -0.2) is 0 Å². The van der Waals surface area contributed by atoms with Crippen LogP contribution in [0.15, 0.2) is 48.5 Å². The van der Waals surface area contributed by atoms with Gasteiger partial charge >= 0.3 is 6.18 Å². The monoisotopic (exact) mass is 391 g/mol. The fourth-order valence-electron chi connectivity index (χ4n) is 3.33. The van der Waals surface area contributed by atoms with Gasteiger partial charge in [0.2, 0.25) is 0 Å². The maximum absolute atomic E-state index is 12.9. The molecule has 7 heteroatoms. The van der Waals surface area contributed by atoms with Crippen molar-refractivity contribution >= 4 is 11.6 Å². The highest BCUT2D eigenvalue weighted by Gasteiger charge is 2.31. The number of rotatable bonds is 4. The average Bonchev–Trinajstić information content (AvgIpc) is 2.68. The summed E-state index contributed by atoms with van der Waals surface area (Å²) in [7, 11) is 2.06. The minimum Gasteiger partial charge on any atom is -0.368 e. The largest absolute Gasteiger partial charge is 0.416 e. The molecular weight excluding hydrogens is 367 g/mol. The van der Waals surface area contributed by atoms with Crippen molar-refractivity contribution in [2.75, 3.05) is 38.1 Å². The number of nitrogens with zero attached hydrogens (tertiary/aromatic N) is 2. The Labute approximate surface area is 162 Å². The Hall–Kier alpha value is -2.54. The molecule has 1 atom stereocenters. The van der Waals surface area contributed by atoms with Crippen molar-refractivity contribution < 1.29 is 18.0 Å². The fourth-order valence-corrected chi connectivity index (χ4v) is 3.33. The molecule has 150 valence electrons. The van der Waals surface area contributed by atoms with E-state index in [1.807, 2.05) is 12.1 Å². The Kier molecular flexibility index (Phi) is 5.93. The zero-order valence-electron chi connectivity index (χ0n) is 16.0. The number of piperazine rings is 1. The molecule has 1 aliphatic heterocycles. The summed E-state index contributed by atoms with van der Waals surface area (Å²) in [4.78, 5) is 17.3. The van der Waals surface area contributed by atoms with Crippen LogP contribution in [0.4, 0.5) is 18.9 Å². The predicted octanol–water partition coefficient (Wildman–Crippen LogP) is 3.95. The third-order valence-electron chi connectivity index (χ3n) is 5.05. The van der Waals surface area contributed by atoms with Crippen molar-refractivity contribution in [3.8, 4) is 0 Å². The summed E-state index contributed by atoms with van der Waals surface area (Å²) in [6.07, 6.45) is -4.41. The molecule has 1 amide bonds. The molecule has 1 aliphatic rings. The van der Waals surface area contributed by atoms with Gasteiger partial charge < -0.3 is 15.1 Å². The lowest BCUT2D eigenvalue weighted by Crippen LogP contribution is -2.45. The minimum absolute atomic E-state index is 0.292. The first-order valence-corrected chi connectivity index (χ1v) is 9.26. The predicted molar refractivity (Wildman–Crippen MR) is 103 cm³/mol. The van der Waals surface area contributed by atoms with Gasteiger partial charge in [0.15, 0.2) is 0 Å². The van der Waals surface area contributed by atoms with Crippen molar-refractivity contribution in [2.24, 2.45) is 0 Å². The van der Waals surface area contributed by atoms with Crippen molar-refractivity contribution in [2.45, 2.75) is 19.1 Å². The first-order valence-electron chi connectivity index (χ1n) is 9.26. The van der Waals surface area contributed by atoms with Crippen molar-refractivity contribution in [3.63, 3.8) is 0 Å². The van der Waals surface area contributed by atoms with Crippen LogP contribution in [0, 0.1) is 0 Å². The van der Waals surface area contributed by atoms with Crippen LogP contribution in [0.25, 0.3) is 0 Å². The number of hydrogen-bond acceptors (Lipinski definition) is 3. The van der Waals surface area contributed by atoms with E-state index >= 15 is 0 Å². The SMILES string of the molecule is CC(NC(=O)c1ccccc1N1CCN(C)CC1)c1cccc(C(F)(F)F)c1. The summed E-state index contributed by atoms with van der Waals surface area (Å²) in [6.45, 7) is 5.16. The van der Waals surface area contributed by atoms with Gasteiger partial charge in [-0.15, -0.1) is 0 Å². The van der Waals surface area contributed by atoms with E-state index in [2.05, 4.69) is 22.2 Å². The van der Waals surface area contributed by atoms with E-state index in [9.17, 15) is 18.0 Å². The number of para-hydroxylation sites is 1. The van der Waals surface area contributed by atoms with Crippen LogP contribution in [0.5, 0.6) is 0 Å². The van der Waals surface area contributed by atoms with E-state index in [0.717, 1.165) is 44.0 Å². The molecular formula is C21H24F3N3O. The Morgan fingerprint density at radius 3 is 2.39 bits per heavy atom. The molecule has 0 aliphatic carbocycles. The smallest absolute Gasteiger partial charge is 0.368 e. The van der Waals surface area contributed by atoms with E-state index in [-0.39, 0.29) is 5.91 Å².